The van der Waals surface area contributed by atoms with E-state index >= 15 is 0 Å². The summed E-state index contributed by atoms with van der Waals surface area (Å²) in [5, 5.41) is 0.756. The molecule has 0 spiro atoms. The quantitative estimate of drug-likeness (QED) is 0.611. The molecule has 2 nitrogen and oxygen atoms in total. The molecule has 2 N–H and O–H groups in total. The minimum Gasteiger partial charge on any atom is -0.329 e. The third-order valence-corrected chi connectivity index (χ3v) is 6.15. The molecule has 1 heterocycles. The molecule has 0 aromatic heterocycles. The average molecular weight is 301 g/mol. The van der Waals surface area contributed by atoms with E-state index < -0.39 is 0 Å². The first kappa shape index (κ1) is 18.3. The number of nitrogens with two attached hydrogens (primary N) is 1. The van der Waals surface area contributed by atoms with Crippen molar-refractivity contribution in [1.82, 2.24) is 4.90 Å². The van der Waals surface area contributed by atoms with Crippen molar-refractivity contribution in [3.8, 4) is 0 Å². The van der Waals surface area contributed by atoms with E-state index in [1.807, 2.05) is 0 Å². The van der Waals surface area contributed by atoms with Gasteiger partial charge in [0.15, 0.2) is 0 Å². The van der Waals surface area contributed by atoms with Crippen LogP contribution < -0.4 is 5.73 Å². The Morgan fingerprint density at radius 1 is 1.10 bits per heavy atom. The second-order valence-electron chi connectivity index (χ2n) is 6.35. The van der Waals surface area contributed by atoms with Crippen molar-refractivity contribution in [1.29, 1.82) is 0 Å². The first-order valence-electron chi connectivity index (χ1n) is 8.78. The number of nitrogens with zero attached hydrogens (tertiary/aromatic N) is 1. The first-order valence-corrected chi connectivity index (χ1v) is 9.83. The van der Waals surface area contributed by atoms with Crippen LogP contribution in [0.1, 0.15) is 72.1 Å². The zero-order valence-electron chi connectivity index (χ0n) is 13.9. The van der Waals surface area contributed by atoms with Crippen LogP contribution in [0.2, 0.25) is 0 Å². The Balaban J connectivity index is 2.18. The monoisotopic (exact) mass is 300 g/mol. The number of rotatable bonds is 10. The molecule has 0 saturated carbocycles. The van der Waals surface area contributed by atoms with Gasteiger partial charge in [-0.05, 0) is 13.3 Å². The third kappa shape index (κ3) is 6.36. The van der Waals surface area contributed by atoms with E-state index in [4.69, 9.17) is 5.73 Å². The molecule has 0 aromatic rings. The molecular formula is C17H36N2S. The highest BCUT2D eigenvalue weighted by molar-refractivity contribution is 8.00. The highest BCUT2D eigenvalue weighted by atomic mass is 32.2. The number of hydrogen-bond acceptors (Lipinski definition) is 3. The van der Waals surface area contributed by atoms with E-state index in [0.717, 1.165) is 11.8 Å². The van der Waals surface area contributed by atoms with Gasteiger partial charge in [-0.25, -0.2) is 0 Å². The molecule has 1 aliphatic heterocycles. The zero-order valence-corrected chi connectivity index (χ0v) is 14.8. The molecule has 0 aromatic carbocycles. The van der Waals surface area contributed by atoms with Gasteiger partial charge in [0.05, 0.1) is 0 Å². The molecule has 3 heteroatoms. The van der Waals surface area contributed by atoms with E-state index in [1.54, 1.807) is 0 Å². The van der Waals surface area contributed by atoms with Crippen LogP contribution in [0.5, 0.6) is 0 Å². The van der Waals surface area contributed by atoms with Crippen molar-refractivity contribution in [3.05, 3.63) is 0 Å². The first-order chi connectivity index (χ1) is 9.70. The van der Waals surface area contributed by atoms with Crippen LogP contribution in [-0.2, 0) is 0 Å². The van der Waals surface area contributed by atoms with Crippen LogP contribution in [0.4, 0.5) is 0 Å². The van der Waals surface area contributed by atoms with Gasteiger partial charge in [-0.15, -0.1) is 0 Å². The predicted molar refractivity (Wildman–Crippen MR) is 93.5 cm³/mol. The smallest absolute Gasteiger partial charge is 0.0222 e. The van der Waals surface area contributed by atoms with E-state index in [1.165, 1.54) is 63.7 Å². The lowest BCUT2D eigenvalue weighted by Gasteiger charge is -2.42. The molecule has 1 aliphatic rings. The molecule has 3 atom stereocenters. The lowest BCUT2D eigenvalue weighted by atomic mass is 10.0. The minimum absolute atomic E-state index is 0.615. The molecule has 1 saturated heterocycles. The number of hydrogen-bond donors (Lipinski definition) is 1. The van der Waals surface area contributed by atoms with Crippen LogP contribution in [0, 0.1) is 0 Å². The fraction of sp³-hybridized carbons (Fsp3) is 1.00. The summed E-state index contributed by atoms with van der Waals surface area (Å²) in [5.74, 6) is 1.28. The summed E-state index contributed by atoms with van der Waals surface area (Å²) in [4.78, 5) is 2.68. The maximum Gasteiger partial charge on any atom is 0.0222 e. The Morgan fingerprint density at radius 2 is 1.75 bits per heavy atom. The van der Waals surface area contributed by atoms with Crippen LogP contribution in [0.3, 0.4) is 0 Å². The van der Waals surface area contributed by atoms with E-state index in [0.29, 0.717) is 12.1 Å². The summed E-state index contributed by atoms with van der Waals surface area (Å²) >= 11 is 2.11. The van der Waals surface area contributed by atoms with Crippen molar-refractivity contribution in [2.45, 2.75) is 89.5 Å². The molecule has 1 fully saturated rings. The van der Waals surface area contributed by atoms with Crippen molar-refractivity contribution in [2.24, 2.45) is 5.73 Å². The van der Waals surface area contributed by atoms with Crippen molar-refractivity contribution >= 4 is 11.8 Å². The molecule has 0 amide bonds. The van der Waals surface area contributed by atoms with E-state index in [9.17, 15) is 0 Å². The van der Waals surface area contributed by atoms with Gasteiger partial charge in [0, 0.05) is 36.2 Å². The van der Waals surface area contributed by atoms with Crippen LogP contribution in [0.15, 0.2) is 0 Å². The van der Waals surface area contributed by atoms with Gasteiger partial charge >= 0.3 is 0 Å². The second-order valence-corrected chi connectivity index (χ2v) is 7.84. The van der Waals surface area contributed by atoms with Gasteiger partial charge in [-0.3, -0.25) is 4.90 Å². The Morgan fingerprint density at radius 3 is 2.40 bits per heavy atom. The van der Waals surface area contributed by atoms with Crippen LogP contribution in [0.25, 0.3) is 0 Å². The molecule has 0 bridgehead atoms. The van der Waals surface area contributed by atoms with Crippen molar-refractivity contribution in [3.63, 3.8) is 0 Å². The fourth-order valence-electron chi connectivity index (χ4n) is 3.23. The Kier molecular flexibility index (Phi) is 10.0. The van der Waals surface area contributed by atoms with Gasteiger partial charge in [-0.1, -0.05) is 58.8 Å². The standard InChI is InChI=1S/C17H36N2S/c1-4-5-6-7-8-9-10-11-17(14-18)19-12-13-20-16(3)15(19)2/h15-17H,4-14,18H2,1-3H3. The largest absolute Gasteiger partial charge is 0.329 e. The minimum atomic E-state index is 0.615. The van der Waals surface area contributed by atoms with Crippen LogP contribution in [-0.4, -0.2) is 41.1 Å². The SMILES string of the molecule is CCCCCCCCCC(CN)N1CCSC(C)C1C. The molecule has 120 valence electrons. The average Bonchev–Trinajstić information content (AvgIpc) is 2.46. The maximum absolute atomic E-state index is 6.04. The molecule has 0 aliphatic carbocycles. The van der Waals surface area contributed by atoms with Gasteiger partial charge in [0.1, 0.15) is 0 Å². The van der Waals surface area contributed by atoms with E-state index in [-0.39, 0.29) is 0 Å². The molecule has 0 radical (unpaired) electrons. The topological polar surface area (TPSA) is 29.3 Å². The number of unbranched alkanes of at least 4 members (excludes halogenated alkanes) is 6. The summed E-state index contributed by atoms with van der Waals surface area (Å²) in [6.07, 6.45) is 11.1. The van der Waals surface area contributed by atoms with Gasteiger partial charge in [-0.2, -0.15) is 11.8 Å². The van der Waals surface area contributed by atoms with Crippen molar-refractivity contribution in [2.75, 3.05) is 18.8 Å². The lowest BCUT2D eigenvalue weighted by Crippen LogP contribution is -2.52. The highest BCUT2D eigenvalue weighted by Crippen LogP contribution is 2.27. The molecule has 1 rings (SSSR count). The predicted octanol–water partition coefficient (Wildman–Crippen LogP) is 4.28. The van der Waals surface area contributed by atoms with Crippen LogP contribution >= 0.6 is 11.8 Å². The maximum atomic E-state index is 6.04. The summed E-state index contributed by atoms with van der Waals surface area (Å²) in [6, 6.07) is 1.30. The van der Waals surface area contributed by atoms with Gasteiger partial charge < -0.3 is 5.73 Å². The molecular weight excluding hydrogens is 264 g/mol. The zero-order chi connectivity index (χ0) is 14.8. The second kappa shape index (κ2) is 10.9. The van der Waals surface area contributed by atoms with Gasteiger partial charge in [0.25, 0.3) is 0 Å². The fourth-order valence-corrected chi connectivity index (χ4v) is 4.35. The Bertz CT molecular complexity index is 235. The normalized spacial score (nSPS) is 25.8. The molecule has 3 unspecified atom stereocenters. The Hall–Kier alpha value is 0.270. The summed E-state index contributed by atoms with van der Waals surface area (Å²) in [5.41, 5.74) is 6.04. The lowest BCUT2D eigenvalue weighted by molar-refractivity contribution is 0.140. The van der Waals surface area contributed by atoms with E-state index in [2.05, 4.69) is 37.4 Å². The third-order valence-electron chi connectivity index (χ3n) is 4.81. The summed E-state index contributed by atoms with van der Waals surface area (Å²) in [7, 11) is 0. The summed E-state index contributed by atoms with van der Waals surface area (Å²) in [6.45, 7) is 9.09. The summed E-state index contributed by atoms with van der Waals surface area (Å²) < 4.78 is 0. The Labute approximate surface area is 131 Å². The number of thioether (sulfide) groups is 1. The molecule has 20 heavy (non-hydrogen) atoms. The van der Waals surface area contributed by atoms with Crippen molar-refractivity contribution < 1.29 is 0 Å². The highest BCUT2D eigenvalue weighted by Gasteiger charge is 2.29. The van der Waals surface area contributed by atoms with Gasteiger partial charge in [0.2, 0.25) is 0 Å².